The van der Waals surface area contributed by atoms with Crippen molar-refractivity contribution >= 4 is 16.8 Å². The van der Waals surface area contributed by atoms with Crippen LogP contribution in [-0.2, 0) is 0 Å². The van der Waals surface area contributed by atoms with Crippen LogP contribution in [0.2, 0.25) is 0 Å². The highest BCUT2D eigenvalue weighted by Crippen LogP contribution is 2.24. The average molecular weight is 115 g/mol. The van der Waals surface area contributed by atoms with Gasteiger partial charge in [0.2, 0.25) is 0 Å². The van der Waals surface area contributed by atoms with Crippen LogP contribution >= 0.6 is 11.8 Å². The molecule has 0 spiro atoms. The van der Waals surface area contributed by atoms with Crippen molar-refractivity contribution in [3.05, 3.63) is 0 Å². The predicted octanol–water partition coefficient (Wildman–Crippen LogP) is 1.74. The third-order valence-corrected chi connectivity index (χ3v) is 2.41. The van der Waals surface area contributed by atoms with Gasteiger partial charge in [0.15, 0.2) is 0 Å². The summed E-state index contributed by atoms with van der Waals surface area (Å²) >= 11 is 1.69. The molecule has 1 rings (SSSR count). The van der Waals surface area contributed by atoms with Crippen LogP contribution < -0.4 is 0 Å². The van der Waals surface area contributed by atoms with Gasteiger partial charge in [-0.1, -0.05) is 6.92 Å². The van der Waals surface area contributed by atoms with Gasteiger partial charge in [0.1, 0.15) is 0 Å². The van der Waals surface area contributed by atoms with Crippen LogP contribution in [0.15, 0.2) is 0 Å². The van der Waals surface area contributed by atoms with Crippen LogP contribution in [-0.4, -0.2) is 10.8 Å². The molecular weight excluding hydrogens is 106 g/mol. The lowest BCUT2D eigenvalue weighted by molar-refractivity contribution is 0.771. The molecule has 1 fully saturated rings. The first-order valence-corrected chi connectivity index (χ1v) is 3.50. The molecule has 1 atom stereocenters. The molecule has 1 heterocycles. The fourth-order valence-corrected chi connectivity index (χ4v) is 1.71. The largest absolute Gasteiger partial charge is 0.298 e. The fraction of sp³-hybridized carbons (Fsp3) is 0.800. The molecule has 1 aliphatic rings. The number of rotatable bonds is 0. The molecule has 0 radical (unpaired) electrons. The van der Waals surface area contributed by atoms with E-state index in [0.29, 0.717) is 5.92 Å². The van der Waals surface area contributed by atoms with Crippen molar-refractivity contribution in [1.29, 1.82) is 5.41 Å². The van der Waals surface area contributed by atoms with Crippen molar-refractivity contribution in [3.8, 4) is 0 Å². The highest BCUT2D eigenvalue weighted by molar-refractivity contribution is 8.14. The van der Waals surface area contributed by atoms with E-state index in [1.54, 1.807) is 11.8 Å². The van der Waals surface area contributed by atoms with Gasteiger partial charge in [0.25, 0.3) is 0 Å². The Morgan fingerprint density at radius 1 is 1.86 bits per heavy atom. The third kappa shape index (κ3) is 0.969. The molecule has 1 unspecified atom stereocenters. The zero-order chi connectivity index (χ0) is 5.28. The van der Waals surface area contributed by atoms with E-state index < -0.39 is 0 Å². The maximum atomic E-state index is 7.22. The summed E-state index contributed by atoms with van der Waals surface area (Å²) in [6.07, 6.45) is 1.21. The van der Waals surface area contributed by atoms with Crippen molar-refractivity contribution in [3.63, 3.8) is 0 Å². The first-order valence-electron chi connectivity index (χ1n) is 2.52. The van der Waals surface area contributed by atoms with Gasteiger partial charge in [0, 0.05) is 5.92 Å². The van der Waals surface area contributed by atoms with E-state index in [-0.39, 0.29) is 0 Å². The minimum atomic E-state index is 0.560. The first kappa shape index (κ1) is 5.16. The summed E-state index contributed by atoms with van der Waals surface area (Å²) in [4.78, 5) is 0. The second kappa shape index (κ2) is 1.86. The first-order chi connectivity index (χ1) is 3.30. The van der Waals surface area contributed by atoms with Crippen LogP contribution in [0.1, 0.15) is 13.3 Å². The van der Waals surface area contributed by atoms with Crippen LogP contribution in [0.4, 0.5) is 0 Å². The summed E-state index contributed by atoms with van der Waals surface area (Å²) in [5.74, 6) is 1.73. The maximum Gasteiger partial charge on any atom is 0.0670 e. The normalized spacial score (nSPS) is 31.6. The minimum Gasteiger partial charge on any atom is -0.298 e. The lowest BCUT2D eigenvalue weighted by atomic mass is 10.1. The standard InChI is InChI=1S/C5H9NS/c1-4-2-3-7-5(4)6/h4,6H,2-3H2,1H3. The minimum absolute atomic E-state index is 0.560. The Hall–Kier alpha value is 0.0200. The van der Waals surface area contributed by atoms with Crippen molar-refractivity contribution in [2.24, 2.45) is 5.92 Å². The molecule has 7 heavy (non-hydrogen) atoms. The zero-order valence-electron chi connectivity index (χ0n) is 4.40. The maximum absolute atomic E-state index is 7.22. The molecule has 40 valence electrons. The topological polar surface area (TPSA) is 23.9 Å². The molecule has 0 bridgehead atoms. The highest BCUT2D eigenvalue weighted by Gasteiger charge is 2.15. The molecule has 0 amide bonds. The quantitative estimate of drug-likeness (QED) is 0.510. The van der Waals surface area contributed by atoms with Crippen molar-refractivity contribution in [2.45, 2.75) is 13.3 Å². The molecule has 1 aliphatic heterocycles. The Morgan fingerprint density at radius 2 is 2.57 bits per heavy atom. The predicted molar refractivity (Wildman–Crippen MR) is 34.0 cm³/mol. The fourth-order valence-electron chi connectivity index (χ4n) is 0.619. The van der Waals surface area contributed by atoms with Crippen LogP contribution in [0.3, 0.4) is 0 Å². The second-order valence-electron chi connectivity index (χ2n) is 1.90. The summed E-state index contributed by atoms with van der Waals surface area (Å²) in [5.41, 5.74) is 0. The molecule has 0 aromatic heterocycles. The smallest absolute Gasteiger partial charge is 0.0670 e. The van der Waals surface area contributed by atoms with Gasteiger partial charge in [-0.25, -0.2) is 0 Å². The van der Waals surface area contributed by atoms with E-state index in [9.17, 15) is 0 Å². The summed E-state index contributed by atoms with van der Waals surface area (Å²) in [7, 11) is 0. The van der Waals surface area contributed by atoms with E-state index in [4.69, 9.17) is 5.41 Å². The Bertz CT molecular complexity index is 90.1. The average Bonchev–Trinajstić information content (AvgIpc) is 1.91. The molecular formula is C5H9NS. The SMILES string of the molecule is CC1CCSC1=N. The van der Waals surface area contributed by atoms with Gasteiger partial charge in [-0.15, -0.1) is 11.8 Å². The summed E-state index contributed by atoms with van der Waals surface area (Å²) in [6, 6.07) is 0. The molecule has 1 N–H and O–H groups in total. The van der Waals surface area contributed by atoms with Gasteiger partial charge in [-0.2, -0.15) is 0 Å². The van der Waals surface area contributed by atoms with E-state index >= 15 is 0 Å². The van der Waals surface area contributed by atoms with Crippen LogP contribution in [0.25, 0.3) is 0 Å². The molecule has 1 nitrogen and oxygen atoms in total. The molecule has 2 heteroatoms. The van der Waals surface area contributed by atoms with Crippen molar-refractivity contribution < 1.29 is 0 Å². The highest BCUT2D eigenvalue weighted by atomic mass is 32.2. The Labute approximate surface area is 48.0 Å². The molecule has 0 aromatic rings. The van der Waals surface area contributed by atoms with Gasteiger partial charge < -0.3 is 0 Å². The van der Waals surface area contributed by atoms with Gasteiger partial charge >= 0.3 is 0 Å². The van der Waals surface area contributed by atoms with Gasteiger partial charge in [-0.3, -0.25) is 5.41 Å². The van der Waals surface area contributed by atoms with Crippen molar-refractivity contribution in [2.75, 3.05) is 5.75 Å². The lowest BCUT2D eigenvalue weighted by Crippen LogP contribution is -1.94. The van der Waals surface area contributed by atoms with E-state index in [1.165, 1.54) is 12.2 Å². The summed E-state index contributed by atoms with van der Waals surface area (Å²) in [5, 5.41) is 8.09. The molecule has 1 saturated heterocycles. The Balaban J connectivity index is 2.48. The number of nitrogens with one attached hydrogen (secondary N) is 1. The summed E-state index contributed by atoms with van der Waals surface area (Å²) < 4.78 is 0. The number of hydrogen-bond donors (Lipinski definition) is 1. The number of hydrogen-bond acceptors (Lipinski definition) is 2. The van der Waals surface area contributed by atoms with E-state index in [0.717, 1.165) is 5.04 Å². The Morgan fingerprint density at radius 3 is 2.71 bits per heavy atom. The van der Waals surface area contributed by atoms with Crippen LogP contribution in [0.5, 0.6) is 0 Å². The number of thioether (sulfide) groups is 1. The third-order valence-electron chi connectivity index (χ3n) is 1.26. The van der Waals surface area contributed by atoms with Gasteiger partial charge in [0.05, 0.1) is 5.04 Å². The molecule has 0 aromatic carbocycles. The van der Waals surface area contributed by atoms with E-state index in [1.807, 2.05) is 0 Å². The van der Waals surface area contributed by atoms with E-state index in [2.05, 4.69) is 6.92 Å². The lowest BCUT2D eigenvalue weighted by Gasteiger charge is -1.93. The van der Waals surface area contributed by atoms with Gasteiger partial charge in [-0.05, 0) is 12.2 Å². The van der Waals surface area contributed by atoms with Crippen molar-refractivity contribution in [1.82, 2.24) is 0 Å². The zero-order valence-corrected chi connectivity index (χ0v) is 5.22. The second-order valence-corrected chi connectivity index (χ2v) is 3.04. The molecule has 0 saturated carbocycles. The Kier molecular flexibility index (Phi) is 1.38. The monoisotopic (exact) mass is 115 g/mol. The van der Waals surface area contributed by atoms with Crippen LogP contribution in [0, 0.1) is 11.3 Å². The summed E-state index contributed by atoms with van der Waals surface area (Å²) in [6.45, 7) is 2.11. The molecule has 0 aliphatic carbocycles.